The van der Waals surface area contributed by atoms with Crippen LogP contribution in [0.5, 0.6) is 0 Å². The highest BCUT2D eigenvalue weighted by atomic mass is 35.5. The third-order valence-electron chi connectivity index (χ3n) is 6.30. The Morgan fingerprint density at radius 3 is 2.47 bits per heavy atom. The largest absolute Gasteiger partial charge is 0.394 e. The number of nitrogens with zero attached hydrogens (tertiary/aromatic N) is 6. The number of aliphatic hydroxyl groups excluding tert-OH is 1. The fourth-order valence-electron chi connectivity index (χ4n) is 4.57. The van der Waals surface area contributed by atoms with E-state index in [1.54, 1.807) is 12.4 Å². The summed E-state index contributed by atoms with van der Waals surface area (Å²) >= 11 is 6.41. The molecule has 2 aromatic heterocycles. The van der Waals surface area contributed by atoms with E-state index in [2.05, 4.69) is 31.8 Å². The SMILES string of the molecule is OCC1CCCN1c1cc(N2CCN(c3ccccc3Cl)CC2)nc(-c2cccnc2)n1. The summed E-state index contributed by atoms with van der Waals surface area (Å²) in [6.07, 6.45) is 5.59. The van der Waals surface area contributed by atoms with Crippen LogP contribution in [0.4, 0.5) is 17.3 Å². The molecule has 2 fully saturated rings. The molecular formula is C24H27ClN6O. The van der Waals surface area contributed by atoms with Crippen molar-refractivity contribution in [2.45, 2.75) is 18.9 Å². The molecule has 2 aliphatic heterocycles. The molecule has 0 radical (unpaired) electrons. The van der Waals surface area contributed by atoms with Crippen LogP contribution in [0.1, 0.15) is 12.8 Å². The standard InChI is InChI=1S/C24H27ClN6O/c25-20-7-1-2-8-21(20)29-11-13-30(14-12-29)22-15-23(31-10-4-6-19(31)17-32)28-24(27-22)18-5-3-9-26-16-18/h1-3,5,7-9,15-16,19,32H,4,6,10-14,17H2. The van der Waals surface area contributed by atoms with E-state index in [9.17, 15) is 5.11 Å². The minimum Gasteiger partial charge on any atom is -0.394 e. The molecule has 2 saturated heterocycles. The van der Waals surface area contributed by atoms with Gasteiger partial charge in [-0.15, -0.1) is 0 Å². The Hall–Kier alpha value is -2.90. The number of piperazine rings is 1. The summed E-state index contributed by atoms with van der Waals surface area (Å²) in [5.74, 6) is 2.46. The normalized spacial score (nSPS) is 18.9. The summed E-state index contributed by atoms with van der Waals surface area (Å²) in [6.45, 7) is 4.46. The number of rotatable bonds is 5. The van der Waals surface area contributed by atoms with Gasteiger partial charge in [0.2, 0.25) is 0 Å². The zero-order valence-corrected chi connectivity index (χ0v) is 18.7. The molecule has 4 heterocycles. The monoisotopic (exact) mass is 450 g/mol. The zero-order chi connectivity index (χ0) is 21.9. The van der Waals surface area contributed by atoms with Crippen molar-refractivity contribution >= 4 is 28.9 Å². The molecule has 0 saturated carbocycles. The first kappa shape index (κ1) is 21.0. The van der Waals surface area contributed by atoms with Gasteiger partial charge in [0.1, 0.15) is 11.6 Å². The lowest BCUT2D eigenvalue weighted by molar-refractivity contribution is 0.266. The Kier molecular flexibility index (Phi) is 6.10. The van der Waals surface area contributed by atoms with Gasteiger partial charge in [-0.2, -0.15) is 0 Å². The van der Waals surface area contributed by atoms with Crippen LogP contribution in [0.3, 0.4) is 0 Å². The van der Waals surface area contributed by atoms with E-state index in [-0.39, 0.29) is 12.6 Å². The second kappa shape index (κ2) is 9.30. The molecule has 0 amide bonds. The minimum atomic E-state index is 0.108. The van der Waals surface area contributed by atoms with Gasteiger partial charge in [-0.25, -0.2) is 9.97 Å². The van der Waals surface area contributed by atoms with Gasteiger partial charge in [0, 0.05) is 56.7 Å². The van der Waals surface area contributed by atoms with Crippen LogP contribution >= 0.6 is 11.6 Å². The third-order valence-corrected chi connectivity index (χ3v) is 6.62. The highest BCUT2D eigenvalue weighted by Gasteiger charge is 2.27. The van der Waals surface area contributed by atoms with Crippen molar-refractivity contribution in [1.82, 2.24) is 15.0 Å². The maximum Gasteiger partial charge on any atom is 0.165 e. The summed E-state index contributed by atoms with van der Waals surface area (Å²) < 4.78 is 0. The van der Waals surface area contributed by atoms with Gasteiger partial charge < -0.3 is 19.8 Å². The van der Waals surface area contributed by atoms with Crippen molar-refractivity contribution in [2.24, 2.45) is 0 Å². The Morgan fingerprint density at radius 1 is 0.938 bits per heavy atom. The van der Waals surface area contributed by atoms with Crippen molar-refractivity contribution in [1.29, 1.82) is 0 Å². The maximum atomic E-state index is 9.84. The topological polar surface area (TPSA) is 68.6 Å². The number of halogens is 1. The number of aliphatic hydroxyl groups is 1. The molecule has 5 rings (SSSR count). The summed E-state index contributed by atoms with van der Waals surface area (Å²) in [6, 6.07) is 14.1. The van der Waals surface area contributed by atoms with Gasteiger partial charge >= 0.3 is 0 Å². The molecule has 8 heteroatoms. The summed E-state index contributed by atoms with van der Waals surface area (Å²) in [4.78, 5) is 20.9. The molecule has 3 aromatic rings. The van der Waals surface area contributed by atoms with Gasteiger partial charge in [0.15, 0.2) is 5.82 Å². The molecule has 1 atom stereocenters. The lowest BCUT2D eigenvalue weighted by atomic mass is 10.2. The molecule has 1 aromatic carbocycles. The number of hydrogen-bond donors (Lipinski definition) is 1. The van der Waals surface area contributed by atoms with Crippen LogP contribution in [-0.2, 0) is 0 Å². The van der Waals surface area contributed by atoms with Crippen molar-refractivity contribution in [2.75, 3.05) is 54.0 Å². The molecule has 32 heavy (non-hydrogen) atoms. The Labute approximate surface area is 193 Å². The van der Waals surface area contributed by atoms with Crippen molar-refractivity contribution in [3.8, 4) is 11.4 Å². The summed E-state index contributed by atoms with van der Waals surface area (Å²) in [5, 5.41) is 10.6. The molecule has 2 aliphatic rings. The van der Waals surface area contributed by atoms with E-state index < -0.39 is 0 Å². The predicted octanol–water partition coefficient (Wildman–Crippen LogP) is 3.48. The fraction of sp³-hybridized carbons (Fsp3) is 0.375. The third kappa shape index (κ3) is 4.23. The number of anilines is 3. The Balaban J connectivity index is 1.43. The smallest absolute Gasteiger partial charge is 0.165 e. The van der Waals surface area contributed by atoms with Gasteiger partial charge in [0.05, 0.1) is 23.4 Å². The molecule has 1 N–H and O–H groups in total. The summed E-state index contributed by atoms with van der Waals surface area (Å²) in [5.41, 5.74) is 1.97. The minimum absolute atomic E-state index is 0.108. The average Bonchev–Trinajstić information content (AvgIpc) is 3.34. The lowest BCUT2D eigenvalue weighted by Crippen LogP contribution is -2.47. The molecule has 1 unspecified atom stereocenters. The zero-order valence-electron chi connectivity index (χ0n) is 17.9. The van der Waals surface area contributed by atoms with Gasteiger partial charge in [-0.3, -0.25) is 4.98 Å². The molecule has 0 bridgehead atoms. The molecule has 0 aliphatic carbocycles. The highest BCUT2D eigenvalue weighted by Crippen LogP contribution is 2.31. The van der Waals surface area contributed by atoms with Crippen LogP contribution in [0.2, 0.25) is 5.02 Å². The van der Waals surface area contributed by atoms with Crippen LogP contribution < -0.4 is 14.7 Å². The van der Waals surface area contributed by atoms with E-state index in [0.29, 0.717) is 5.82 Å². The molecule has 0 spiro atoms. The van der Waals surface area contributed by atoms with Crippen LogP contribution in [0.15, 0.2) is 54.9 Å². The fourth-order valence-corrected chi connectivity index (χ4v) is 4.82. The number of hydrogen-bond acceptors (Lipinski definition) is 7. The van der Waals surface area contributed by atoms with Crippen LogP contribution in [0.25, 0.3) is 11.4 Å². The van der Waals surface area contributed by atoms with E-state index in [1.807, 2.05) is 30.3 Å². The number of pyridine rings is 1. The van der Waals surface area contributed by atoms with Gasteiger partial charge in [0.25, 0.3) is 0 Å². The van der Waals surface area contributed by atoms with Crippen LogP contribution in [0, 0.1) is 0 Å². The van der Waals surface area contributed by atoms with E-state index in [1.165, 1.54) is 0 Å². The van der Waals surface area contributed by atoms with Gasteiger partial charge in [-0.1, -0.05) is 23.7 Å². The Bertz CT molecular complexity index is 1060. The second-order valence-corrected chi connectivity index (χ2v) is 8.65. The average molecular weight is 451 g/mol. The molecule has 166 valence electrons. The first-order valence-electron chi connectivity index (χ1n) is 11.1. The van der Waals surface area contributed by atoms with Crippen LogP contribution in [-0.4, -0.2) is 65.4 Å². The van der Waals surface area contributed by atoms with Crippen molar-refractivity contribution in [3.63, 3.8) is 0 Å². The second-order valence-electron chi connectivity index (χ2n) is 8.25. The molecule has 7 nitrogen and oxygen atoms in total. The first-order chi connectivity index (χ1) is 15.7. The predicted molar refractivity (Wildman–Crippen MR) is 129 cm³/mol. The summed E-state index contributed by atoms with van der Waals surface area (Å²) in [7, 11) is 0. The van der Waals surface area contributed by atoms with E-state index in [0.717, 1.165) is 73.5 Å². The number of aromatic nitrogens is 3. The van der Waals surface area contributed by atoms with Crippen molar-refractivity contribution < 1.29 is 5.11 Å². The maximum absolute atomic E-state index is 9.84. The van der Waals surface area contributed by atoms with E-state index >= 15 is 0 Å². The first-order valence-corrected chi connectivity index (χ1v) is 11.5. The lowest BCUT2D eigenvalue weighted by Gasteiger charge is -2.37. The van der Waals surface area contributed by atoms with E-state index in [4.69, 9.17) is 21.6 Å². The number of para-hydroxylation sites is 1. The highest BCUT2D eigenvalue weighted by molar-refractivity contribution is 6.33. The quantitative estimate of drug-likeness (QED) is 0.638. The van der Waals surface area contributed by atoms with Crippen molar-refractivity contribution in [3.05, 3.63) is 59.9 Å². The molecular weight excluding hydrogens is 424 g/mol. The Morgan fingerprint density at radius 2 is 1.72 bits per heavy atom. The number of benzene rings is 1. The van der Waals surface area contributed by atoms with Gasteiger partial charge in [-0.05, 0) is 37.1 Å².